The summed E-state index contributed by atoms with van der Waals surface area (Å²) in [6.45, 7) is 7.18. The van der Waals surface area contributed by atoms with Gasteiger partial charge in [-0.25, -0.2) is 0 Å². The van der Waals surface area contributed by atoms with Crippen molar-refractivity contribution >= 4 is 17.0 Å². The van der Waals surface area contributed by atoms with Crippen molar-refractivity contribution in [2.45, 2.75) is 38.5 Å². The summed E-state index contributed by atoms with van der Waals surface area (Å²) in [5.74, 6) is -0.891. The first-order valence-corrected chi connectivity index (χ1v) is 6.90. The van der Waals surface area contributed by atoms with Crippen LogP contribution in [0.5, 0.6) is 0 Å². The number of nitro groups is 1. The van der Waals surface area contributed by atoms with Crippen LogP contribution in [-0.4, -0.2) is 14.2 Å². The van der Waals surface area contributed by atoms with E-state index in [1.807, 2.05) is 20.8 Å². The van der Waals surface area contributed by atoms with Crippen LogP contribution in [0, 0.1) is 15.9 Å². The Bertz CT molecular complexity index is 477. The van der Waals surface area contributed by atoms with E-state index in [0.717, 1.165) is 12.1 Å². The van der Waals surface area contributed by atoms with Gasteiger partial charge in [0.2, 0.25) is 5.82 Å². The Morgan fingerprint density at radius 3 is 2.42 bits per heavy atom. The van der Waals surface area contributed by atoms with Crippen molar-refractivity contribution in [2.24, 2.45) is 0 Å². The average molecular weight is 288 g/mol. The van der Waals surface area contributed by atoms with Crippen LogP contribution in [0.15, 0.2) is 18.2 Å². The fourth-order valence-electron chi connectivity index (χ4n) is 1.35. The Hall–Kier alpha value is -1.18. The lowest BCUT2D eigenvalue weighted by Crippen LogP contribution is -2.40. The van der Waals surface area contributed by atoms with E-state index in [2.05, 4.69) is 4.72 Å². The highest BCUT2D eigenvalue weighted by Crippen LogP contribution is 2.24. The minimum Gasteiger partial charge on any atom is -0.598 e. The third kappa shape index (κ3) is 4.15. The van der Waals surface area contributed by atoms with Crippen molar-refractivity contribution in [3.63, 3.8) is 0 Å². The number of halogens is 1. The van der Waals surface area contributed by atoms with Crippen molar-refractivity contribution in [2.75, 3.05) is 0 Å². The molecule has 0 aliphatic heterocycles. The molecule has 0 fully saturated rings. The van der Waals surface area contributed by atoms with Gasteiger partial charge in [0.15, 0.2) is 0 Å². The van der Waals surface area contributed by atoms with Crippen molar-refractivity contribution in [3.05, 3.63) is 39.7 Å². The predicted molar refractivity (Wildman–Crippen MR) is 72.5 cm³/mol. The van der Waals surface area contributed by atoms with Gasteiger partial charge in [-0.1, -0.05) is 6.07 Å². The lowest BCUT2D eigenvalue weighted by atomic mass is 10.1. The van der Waals surface area contributed by atoms with Crippen LogP contribution in [0.3, 0.4) is 0 Å². The number of hydrogen-bond acceptors (Lipinski definition) is 4. The first-order chi connectivity index (χ1) is 8.62. The highest BCUT2D eigenvalue weighted by molar-refractivity contribution is 7.90. The molecule has 7 heteroatoms. The molecule has 0 saturated carbocycles. The van der Waals surface area contributed by atoms with Gasteiger partial charge >= 0.3 is 5.69 Å². The Kier molecular flexibility index (Phi) is 4.89. The number of rotatable bonds is 4. The number of hydrogen-bond donors (Lipinski definition) is 1. The van der Waals surface area contributed by atoms with Crippen molar-refractivity contribution in [3.8, 4) is 0 Å². The number of benzene rings is 1. The van der Waals surface area contributed by atoms with Crippen LogP contribution in [-0.2, 0) is 11.4 Å². The van der Waals surface area contributed by atoms with Crippen LogP contribution in [0.1, 0.15) is 39.3 Å². The van der Waals surface area contributed by atoms with Gasteiger partial charge in [0.1, 0.15) is 4.75 Å². The summed E-state index contributed by atoms with van der Waals surface area (Å²) in [4.78, 5) is 9.74. The zero-order valence-corrected chi connectivity index (χ0v) is 12.1. The van der Waals surface area contributed by atoms with Crippen LogP contribution in [0.25, 0.3) is 0 Å². The molecule has 1 rings (SSSR count). The SMILES string of the molecule is C[C@H](N[S+]([O-])C(C)(C)C)c1ccc([N+](=O)[O-])c(F)c1. The third-order valence-corrected chi connectivity index (χ3v) is 4.19. The first kappa shape index (κ1) is 15.9. The maximum Gasteiger partial charge on any atom is 0.304 e. The second kappa shape index (κ2) is 5.85. The summed E-state index contributed by atoms with van der Waals surface area (Å²) in [6, 6.07) is 3.30. The summed E-state index contributed by atoms with van der Waals surface area (Å²) in [7, 11) is 0. The molecule has 5 nitrogen and oxygen atoms in total. The van der Waals surface area contributed by atoms with Gasteiger partial charge in [0.05, 0.1) is 11.0 Å². The van der Waals surface area contributed by atoms with E-state index < -0.39 is 32.5 Å². The molecule has 0 aromatic heterocycles. The molecule has 0 bridgehead atoms. The van der Waals surface area contributed by atoms with Crippen molar-refractivity contribution in [1.82, 2.24) is 4.72 Å². The Balaban J connectivity index is 2.87. The van der Waals surface area contributed by atoms with Gasteiger partial charge in [-0.15, -0.1) is 4.72 Å². The zero-order valence-electron chi connectivity index (χ0n) is 11.3. The highest BCUT2D eigenvalue weighted by atomic mass is 32.2. The number of nitrogens with zero attached hydrogens (tertiary/aromatic N) is 1. The smallest absolute Gasteiger partial charge is 0.304 e. The monoisotopic (exact) mass is 288 g/mol. The van der Waals surface area contributed by atoms with Crippen molar-refractivity contribution < 1.29 is 13.9 Å². The number of nitro benzene ring substituents is 1. The standard InChI is InChI=1S/C12H17FN2O3S/c1-8(14-19(18)12(2,3)4)9-5-6-11(15(16)17)10(13)7-9/h5-8,14H,1-4H3/t8-,19?/m0/s1. The predicted octanol–water partition coefficient (Wildman–Crippen LogP) is 2.85. The fourth-order valence-corrected chi connectivity index (χ4v) is 2.16. The summed E-state index contributed by atoms with van der Waals surface area (Å²) in [6.07, 6.45) is 0. The molecule has 1 aromatic carbocycles. The van der Waals surface area contributed by atoms with E-state index >= 15 is 0 Å². The molecule has 2 atom stereocenters. The Labute approximate surface area is 114 Å². The van der Waals surface area contributed by atoms with Crippen LogP contribution < -0.4 is 4.72 Å². The van der Waals surface area contributed by atoms with Crippen LogP contribution >= 0.6 is 0 Å². The van der Waals surface area contributed by atoms with E-state index in [9.17, 15) is 19.1 Å². The normalized spacial score (nSPS) is 15.1. The maximum absolute atomic E-state index is 13.5. The van der Waals surface area contributed by atoms with E-state index in [0.29, 0.717) is 5.56 Å². The molecule has 0 amide bonds. The number of nitrogens with one attached hydrogen (secondary N) is 1. The molecule has 0 radical (unpaired) electrons. The van der Waals surface area contributed by atoms with Gasteiger partial charge in [0.25, 0.3) is 0 Å². The molecule has 0 aliphatic rings. The van der Waals surface area contributed by atoms with Gasteiger partial charge in [0, 0.05) is 17.4 Å². The summed E-state index contributed by atoms with van der Waals surface area (Å²) < 4.78 is 27.8. The second-order valence-corrected chi connectivity index (χ2v) is 7.19. The molecule has 19 heavy (non-hydrogen) atoms. The van der Waals surface area contributed by atoms with Crippen LogP contribution in [0.4, 0.5) is 10.1 Å². The third-order valence-electron chi connectivity index (χ3n) is 2.51. The molecule has 1 unspecified atom stereocenters. The Morgan fingerprint density at radius 2 is 2.00 bits per heavy atom. The highest BCUT2D eigenvalue weighted by Gasteiger charge is 2.28. The van der Waals surface area contributed by atoms with Gasteiger partial charge < -0.3 is 4.55 Å². The summed E-state index contributed by atoms with van der Waals surface area (Å²) in [5, 5.41) is 10.5. The maximum atomic E-state index is 13.5. The Morgan fingerprint density at radius 1 is 1.42 bits per heavy atom. The fraction of sp³-hybridized carbons (Fsp3) is 0.500. The molecule has 106 valence electrons. The van der Waals surface area contributed by atoms with E-state index in [1.54, 1.807) is 6.92 Å². The van der Waals surface area contributed by atoms with Gasteiger partial charge in [-0.05, 0) is 39.3 Å². The molecule has 0 heterocycles. The molecule has 1 aromatic rings. The lowest BCUT2D eigenvalue weighted by Gasteiger charge is -2.26. The second-order valence-electron chi connectivity index (χ2n) is 5.19. The topological polar surface area (TPSA) is 78.2 Å². The molecular formula is C12H17FN2O3S. The average Bonchev–Trinajstić information content (AvgIpc) is 2.26. The quantitative estimate of drug-likeness (QED) is 0.525. The summed E-state index contributed by atoms with van der Waals surface area (Å²) in [5.41, 5.74) is -0.0476. The van der Waals surface area contributed by atoms with E-state index in [-0.39, 0.29) is 6.04 Å². The first-order valence-electron chi connectivity index (χ1n) is 5.75. The zero-order chi connectivity index (χ0) is 14.8. The van der Waals surface area contributed by atoms with Gasteiger partial charge in [-0.3, -0.25) is 10.1 Å². The minimum absolute atomic E-state index is 0.365. The van der Waals surface area contributed by atoms with E-state index in [1.165, 1.54) is 6.07 Å². The molecule has 0 saturated heterocycles. The molecule has 1 N–H and O–H groups in total. The van der Waals surface area contributed by atoms with Crippen LogP contribution in [0.2, 0.25) is 0 Å². The molecular weight excluding hydrogens is 271 g/mol. The van der Waals surface area contributed by atoms with Gasteiger partial charge in [-0.2, -0.15) is 4.39 Å². The molecule has 0 spiro atoms. The lowest BCUT2D eigenvalue weighted by molar-refractivity contribution is -0.387. The minimum atomic E-state index is -1.29. The largest absolute Gasteiger partial charge is 0.598 e. The molecule has 0 aliphatic carbocycles. The van der Waals surface area contributed by atoms with E-state index in [4.69, 9.17) is 0 Å². The van der Waals surface area contributed by atoms with Crippen molar-refractivity contribution in [1.29, 1.82) is 0 Å². The summed E-state index contributed by atoms with van der Waals surface area (Å²) >= 11 is -1.29.